The van der Waals surface area contributed by atoms with E-state index in [2.05, 4.69) is 30.1 Å². The predicted molar refractivity (Wildman–Crippen MR) is 88.0 cm³/mol. The van der Waals surface area contributed by atoms with Crippen LogP contribution in [0.1, 0.15) is 65.7 Å². The number of likely N-dealkylation sites (tertiary alicyclic amines) is 1. The van der Waals surface area contributed by atoms with Gasteiger partial charge in [0.15, 0.2) is 0 Å². The van der Waals surface area contributed by atoms with Gasteiger partial charge in [0.2, 0.25) is 0 Å². The van der Waals surface area contributed by atoms with E-state index in [0.717, 1.165) is 24.7 Å². The zero-order valence-corrected chi connectivity index (χ0v) is 14.2. The minimum atomic E-state index is -0.364. The molecule has 1 aliphatic carbocycles. The Balaban J connectivity index is 1.72. The maximum absolute atomic E-state index is 9.40. The first-order chi connectivity index (χ1) is 10.0. The molecule has 2 fully saturated rings. The molecule has 3 heteroatoms. The summed E-state index contributed by atoms with van der Waals surface area (Å²) < 4.78 is 0. The Hall–Kier alpha value is -0.590. The van der Waals surface area contributed by atoms with Gasteiger partial charge in [-0.3, -0.25) is 5.32 Å². The number of nitrogens with one attached hydrogen (secondary N) is 1. The summed E-state index contributed by atoms with van der Waals surface area (Å²) in [6, 6.07) is 2.83. The van der Waals surface area contributed by atoms with Crippen molar-refractivity contribution in [2.75, 3.05) is 19.6 Å². The molecule has 3 unspecified atom stereocenters. The molecule has 2 rings (SSSR count). The van der Waals surface area contributed by atoms with E-state index in [9.17, 15) is 5.26 Å². The number of rotatable bonds is 6. The summed E-state index contributed by atoms with van der Waals surface area (Å²) in [5, 5.41) is 12.8. The molecule has 21 heavy (non-hydrogen) atoms. The molecule has 0 aromatic heterocycles. The lowest BCUT2D eigenvalue weighted by Crippen LogP contribution is -2.46. The number of nitriles is 1. The Morgan fingerprint density at radius 2 is 1.95 bits per heavy atom. The van der Waals surface area contributed by atoms with E-state index in [4.69, 9.17) is 0 Å². The topological polar surface area (TPSA) is 39.1 Å². The third-order valence-corrected chi connectivity index (χ3v) is 5.38. The summed E-state index contributed by atoms with van der Waals surface area (Å²) in [6.07, 6.45) is 9.32. The highest BCUT2D eigenvalue weighted by Crippen LogP contribution is 2.36. The third-order valence-electron chi connectivity index (χ3n) is 5.38. The van der Waals surface area contributed by atoms with Gasteiger partial charge in [0.1, 0.15) is 5.54 Å². The molecule has 0 radical (unpaired) electrons. The zero-order valence-electron chi connectivity index (χ0n) is 14.2. The summed E-state index contributed by atoms with van der Waals surface area (Å²) in [6.45, 7) is 10.0. The van der Waals surface area contributed by atoms with Crippen LogP contribution < -0.4 is 5.32 Å². The molecule has 0 amide bonds. The van der Waals surface area contributed by atoms with Crippen LogP contribution in [0.25, 0.3) is 0 Å². The molecule has 2 aliphatic rings. The van der Waals surface area contributed by atoms with Crippen molar-refractivity contribution in [3.8, 4) is 6.07 Å². The van der Waals surface area contributed by atoms with Crippen molar-refractivity contribution in [1.29, 1.82) is 5.26 Å². The smallest absolute Gasteiger partial charge is 0.104 e. The molecule has 0 spiro atoms. The van der Waals surface area contributed by atoms with E-state index in [1.54, 1.807) is 0 Å². The Morgan fingerprint density at radius 1 is 1.24 bits per heavy atom. The van der Waals surface area contributed by atoms with Crippen molar-refractivity contribution in [1.82, 2.24) is 10.2 Å². The van der Waals surface area contributed by atoms with Crippen LogP contribution in [0.3, 0.4) is 0 Å². The van der Waals surface area contributed by atoms with Gasteiger partial charge in [0.05, 0.1) is 6.07 Å². The first kappa shape index (κ1) is 16.8. The first-order valence-electron chi connectivity index (χ1n) is 8.94. The van der Waals surface area contributed by atoms with Gasteiger partial charge < -0.3 is 4.90 Å². The van der Waals surface area contributed by atoms with Crippen LogP contribution in [0.4, 0.5) is 0 Å². The zero-order chi connectivity index (χ0) is 15.3. The second kappa shape index (κ2) is 7.61. The molecule has 1 saturated heterocycles. The number of piperidine rings is 1. The lowest BCUT2D eigenvalue weighted by molar-refractivity contribution is 0.0846. The quantitative estimate of drug-likeness (QED) is 0.813. The maximum Gasteiger partial charge on any atom is 0.104 e. The van der Waals surface area contributed by atoms with E-state index in [0.29, 0.717) is 6.04 Å². The first-order valence-corrected chi connectivity index (χ1v) is 8.94. The maximum atomic E-state index is 9.40. The fraction of sp³-hybridized carbons (Fsp3) is 0.944. The standard InChI is InChI=1S/C18H33N3/c1-15(2)20-18(3,14-19)10-6-11-21-12-9-16-7-4-5-8-17(16)13-21/h15-17,20H,4-13H2,1-3H3. The molecule has 3 nitrogen and oxygen atoms in total. The minimum absolute atomic E-state index is 0.364. The second-order valence-corrected chi connectivity index (χ2v) is 7.74. The van der Waals surface area contributed by atoms with E-state index in [-0.39, 0.29) is 5.54 Å². The van der Waals surface area contributed by atoms with Gasteiger partial charge >= 0.3 is 0 Å². The fourth-order valence-corrected chi connectivity index (χ4v) is 4.33. The van der Waals surface area contributed by atoms with Crippen LogP contribution in [-0.2, 0) is 0 Å². The van der Waals surface area contributed by atoms with E-state index >= 15 is 0 Å². The summed E-state index contributed by atoms with van der Waals surface area (Å²) in [5.41, 5.74) is -0.364. The van der Waals surface area contributed by atoms with E-state index in [1.807, 2.05) is 6.92 Å². The summed E-state index contributed by atoms with van der Waals surface area (Å²) in [4.78, 5) is 2.65. The van der Waals surface area contributed by atoms with Gasteiger partial charge in [-0.05, 0) is 71.4 Å². The molecule has 1 N–H and O–H groups in total. The normalized spacial score (nSPS) is 29.7. The molecule has 0 aromatic carbocycles. The Labute approximate surface area is 131 Å². The Morgan fingerprint density at radius 3 is 2.62 bits per heavy atom. The van der Waals surface area contributed by atoms with Crippen LogP contribution >= 0.6 is 0 Å². The van der Waals surface area contributed by atoms with Gasteiger partial charge in [-0.2, -0.15) is 5.26 Å². The largest absolute Gasteiger partial charge is 0.303 e. The van der Waals surface area contributed by atoms with Gasteiger partial charge in [-0.1, -0.05) is 19.3 Å². The van der Waals surface area contributed by atoms with Crippen LogP contribution in [0.2, 0.25) is 0 Å². The molecular weight excluding hydrogens is 258 g/mol. The lowest BCUT2D eigenvalue weighted by atomic mass is 9.75. The van der Waals surface area contributed by atoms with Crippen molar-refractivity contribution < 1.29 is 0 Å². The fourth-order valence-electron chi connectivity index (χ4n) is 4.33. The van der Waals surface area contributed by atoms with Gasteiger partial charge in [0.25, 0.3) is 0 Å². The van der Waals surface area contributed by atoms with Crippen LogP contribution in [-0.4, -0.2) is 36.1 Å². The van der Waals surface area contributed by atoms with Crippen molar-refractivity contribution in [2.24, 2.45) is 11.8 Å². The van der Waals surface area contributed by atoms with Crippen LogP contribution in [0.15, 0.2) is 0 Å². The average molecular weight is 291 g/mol. The van der Waals surface area contributed by atoms with Gasteiger partial charge in [-0.15, -0.1) is 0 Å². The molecule has 1 saturated carbocycles. The second-order valence-electron chi connectivity index (χ2n) is 7.74. The Bertz CT molecular complexity index is 360. The highest BCUT2D eigenvalue weighted by atomic mass is 15.1. The summed E-state index contributed by atoms with van der Waals surface area (Å²) in [7, 11) is 0. The van der Waals surface area contributed by atoms with Gasteiger partial charge in [-0.25, -0.2) is 0 Å². The van der Waals surface area contributed by atoms with Crippen molar-refractivity contribution in [3.05, 3.63) is 0 Å². The predicted octanol–water partition coefficient (Wildman–Crippen LogP) is 3.56. The monoisotopic (exact) mass is 291 g/mol. The molecule has 120 valence electrons. The number of nitrogens with zero attached hydrogens (tertiary/aromatic N) is 2. The highest BCUT2D eigenvalue weighted by molar-refractivity contribution is 5.04. The Kier molecular flexibility index (Phi) is 6.08. The molecule has 0 aromatic rings. The highest BCUT2D eigenvalue weighted by Gasteiger charge is 2.31. The summed E-state index contributed by atoms with van der Waals surface area (Å²) >= 11 is 0. The molecule has 3 atom stereocenters. The van der Waals surface area contributed by atoms with Crippen molar-refractivity contribution >= 4 is 0 Å². The molecular formula is C18H33N3. The minimum Gasteiger partial charge on any atom is -0.303 e. The molecule has 0 bridgehead atoms. The van der Waals surface area contributed by atoms with Crippen LogP contribution in [0, 0.1) is 23.2 Å². The van der Waals surface area contributed by atoms with E-state index in [1.165, 1.54) is 51.7 Å². The number of hydrogen-bond acceptors (Lipinski definition) is 3. The van der Waals surface area contributed by atoms with Crippen molar-refractivity contribution in [3.63, 3.8) is 0 Å². The lowest BCUT2D eigenvalue weighted by Gasteiger charge is -2.41. The summed E-state index contributed by atoms with van der Waals surface area (Å²) in [5.74, 6) is 1.98. The third kappa shape index (κ3) is 4.97. The van der Waals surface area contributed by atoms with Gasteiger partial charge in [0, 0.05) is 12.6 Å². The van der Waals surface area contributed by atoms with Crippen LogP contribution in [0.5, 0.6) is 0 Å². The van der Waals surface area contributed by atoms with E-state index < -0.39 is 0 Å². The molecule has 1 aliphatic heterocycles. The number of fused-ring (bicyclic) bond motifs is 1. The average Bonchev–Trinajstić information content (AvgIpc) is 2.46. The number of hydrogen-bond donors (Lipinski definition) is 1. The van der Waals surface area contributed by atoms with Crippen molar-refractivity contribution in [2.45, 2.75) is 77.3 Å². The molecule has 1 heterocycles. The SMILES string of the molecule is CC(C)NC(C)(C#N)CCCN1CCC2CCCCC2C1.